The number of allylic oxidation sites excluding steroid dienone is 2. The van der Waals surface area contributed by atoms with Crippen molar-refractivity contribution in [1.82, 2.24) is 0 Å². The van der Waals surface area contributed by atoms with Crippen LogP contribution in [0.15, 0.2) is 11.6 Å². The van der Waals surface area contributed by atoms with Gasteiger partial charge in [0.25, 0.3) is 0 Å². The first kappa shape index (κ1) is 11.7. The zero-order valence-corrected chi connectivity index (χ0v) is 10.3. The van der Waals surface area contributed by atoms with E-state index in [1.807, 2.05) is 0 Å². The summed E-state index contributed by atoms with van der Waals surface area (Å²) in [6, 6.07) is 0. The minimum absolute atomic E-state index is 0.437. The van der Waals surface area contributed by atoms with Gasteiger partial charge in [0.1, 0.15) is 0 Å². The molecule has 0 aromatic carbocycles. The minimum atomic E-state index is 0.437. The molecule has 0 heterocycles. The van der Waals surface area contributed by atoms with E-state index in [4.69, 9.17) is 4.74 Å². The van der Waals surface area contributed by atoms with Gasteiger partial charge in [-0.05, 0) is 44.6 Å². The van der Waals surface area contributed by atoms with E-state index in [-0.39, 0.29) is 0 Å². The third-order valence-electron chi connectivity index (χ3n) is 3.32. The first-order valence-electron chi connectivity index (χ1n) is 6.72. The highest BCUT2D eigenvalue weighted by Gasteiger charge is 2.36. The molecule has 2 atom stereocenters. The molecule has 0 aromatic heterocycles. The molecule has 0 aliphatic heterocycles. The third kappa shape index (κ3) is 3.68. The van der Waals surface area contributed by atoms with Gasteiger partial charge in [0.05, 0.1) is 6.10 Å². The van der Waals surface area contributed by atoms with Crippen LogP contribution >= 0.6 is 0 Å². The van der Waals surface area contributed by atoms with E-state index < -0.39 is 0 Å². The van der Waals surface area contributed by atoms with Gasteiger partial charge in [-0.2, -0.15) is 0 Å². The Morgan fingerprint density at radius 1 is 1.31 bits per heavy atom. The second kappa shape index (κ2) is 6.11. The lowest BCUT2D eigenvalue weighted by Gasteiger charge is -2.05. The molecule has 0 amide bonds. The number of ether oxygens (including phenoxy) is 1. The Bertz CT molecular complexity index is 305. The van der Waals surface area contributed by atoms with Gasteiger partial charge in [0.2, 0.25) is 0 Å². The van der Waals surface area contributed by atoms with Crippen LogP contribution in [-0.4, -0.2) is 12.7 Å². The van der Waals surface area contributed by atoms with Gasteiger partial charge < -0.3 is 4.74 Å². The third-order valence-corrected chi connectivity index (χ3v) is 3.32. The van der Waals surface area contributed by atoms with Crippen molar-refractivity contribution in [2.75, 3.05) is 6.61 Å². The summed E-state index contributed by atoms with van der Waals surface area (Å²) in [6.07, 6.45) is 11.8. The van der Waals surface area contributed by atoms with Crippen LogP contribution in [0.2, 0.25) is 0 Å². The Morgan fingerprint density at radius 2 is 2.19 bits per heavy atom. The van der Waals surface area contributed by atoms with Crippen molar-refractivity contribution in [1.29, 1.82) is 0 Å². The number of hydrogen-bond acceptors (Lipinski definition) is 1. The van der Waals surface area contributed by atoms with Crippen molar-refractivity contribution in [2.24, 2.45) is 5.92 Å². The lowest BCUT2D eigenvalue weighted by Crippen LogP contribution is -1.94. The van der Waals surface area contributed by atoms with Gasteiger partial charge in [-0.25, -0.2) is 0 Å². The fourth-order valence-corrected chi connectivity index (χ4v) is 2.21. The van der Waals surface area contributed by atoms with E-state index in [1.165, 1.54) is 44.1 Å². The molecule has 1 fully saturated rings. The van der Waals surface area contributed by atoms with Crippen molar-refractivity contribution >= 4 is 0 Å². The monoisotopic (exact) mass is 218 g/mol. The van der Waals surface area contributed by atoms with Gasteiger partial charge in [-0.3, -0.25) is 0 Å². The zero-order chi connectivity index (χ0) is 11.2. The predicted molar refractivity (Wildman–Crippen MR) is 67.1 cm³/mol. The molecule has 1 heteroatoms. The van der Waals surface area contributed by atoms with Crippen molar-refractivity contribution in [2.45, 2.75) is 58.0 Å². The van der Waals surface area contributed by atoms with Gasteiger partial charge in [0.15, 0.2) is 0 Å². The summed E-state index contributed by atoms with van der Waals surface area (Å²) in [5, 5.41) is 0. The molecule has 0 radical (unpaired) electrons. The fourth-order valence-electron chi connectivity index (χ4n) is 2.21. The van der Waals surface area contributed by atoms with Crippen LogP contribution in [0.25, 0.3) is 0 Å². The number of rotatable bonds is 2. The quantitative estimate of drug-likeness (QED) is 0.642. The summed E-state index contributed by atoms with van der Waals surface area (Å²) in [5.41, 5.74) is 1.38. The Balaban J connectivity index is 1.81. The van der Waals surface area contributed by atoms with E-state index in [1.54, 1.807) is 0 Å². The van der Waals surface area contributed by atoms with E-state index in [9.17, 15) is 0 Å². The standard InChI is InChI=1S/C15H22O/c1-2-16-15-12-14(15)11-10-13-8-6-4-3-5-7-9-13/h8,14-15H,2-7,9,12H2,1H3/b13-8+/t14-,15-/m1/s1. The molecular weight excluding hydrogens is 196 g/mol. The molecule has 1 saturated carbocycles. The minimum Gasteiger partial charge on any atom is -0.377 e. The van der Waals surface area contributed by atoms with E-state index in [2.05, 4.69) is 24.8 Å². The SMILES string of the molecule is CCO[C@@H]1C[C@H]1C#C/C1=C/CCCCCC1. The largest absolute Gasteiger partial charge is 0.377 e. The smallest absolute Gasteiger partial charge is 0.0726 e. The summed E-state index contributed by atoms with van der Waals surface area (Å²) in [4.78, 5) is 0. The topological polar surface area (TPSA) is 9.23 Å². The van der Waals surface area contributed by atoms with Crippen LogP contribution in [-0.2, 0) is 4.74 Å². The lowest BCUT2D eigenvalue weighted by atomic mass is 10.0. The van der Waals surface area contributed by atoms with Crippen LogP contribution in [0.3, 0.4) is 0 Å². The first-order valence-corrected chi connectivity index (χ1v) is 6.72. The second-order valence-corrected chi connectivity index (χ2v) is 4.79. The molecule has 0 saturated heterocycles. The maximum absolute atomic E-state index is 5.53. The summed E-state index contributed by atoms with van der Waals surface area (Å²) < 4.78 is 5.53. The Morgan fingerprint density at radius 3 is 3.06 bits per heavy atom. The molecule has 2 aliphatic rings. The normalized spacial score (nSPS) is 32.7. The van der Waals surface area contributed by atoms with Gasteiger partial charge in [0, 0.05) is 12.5 Å². The second-order valence-electron chi connectivity index (χ2n) is 4.79. The maximum atomic E-state index is 5.53. The summed E-state index contributed by atoms with van der Waals surface area (Å²) in [6.45, 7) is 2.88. The average Bonchev–Trinajstić information content (AvgIpc) is 2.96. The molecule has 2 aliphatic carbocycles. The van der Waals surface area contributed by atoms with Crippen LogP contribution in [0.5, 0.6) is 0 Å². The van der Waals surface area contributed by atoms with E-state index >= 15 is 0 Å². The molecule has 2 rings (SSSR count). The highest BCUT2D eigenvalue weighted by molar-refractivity contribution is 5.31. The molecule has 0 aromatic rings. The summed E-state index contributed by atoms with van der Waals surface area (Å²) in [7, 11) is 0. The Labute approximate surface area is 99.3 Å². The van der Waals surface area contributed by atoms with Gasteiger partial charge in [-0.1, -0.05) is 30.8 Å². The molecule has 1 nitrogen and oxygen atoms in total. The van der Waals surface area contributed by atoms with Gasteiger partial charge >= 0.3 is 0 Å². The van der Waals surface area contributed by atoms with Crippen LogP contribution in [0.4, 0.5) is 0 Å². The molecule has 0 bridgehead atoms. The Hall–Kier alpha value is -0.740. The highest BCUT2D eigenvalue weighted by atomic mass is 16.5. The lowest BCUT2D eigenvalue weighted by molar-refractivity contribution is 0.127. The number of hydrogen-bond donors (Lipinski definition) is 0. The summed E-state index contributed by atoms with van der Waals surface area (Å²) >= 11 is 0. The van der Waals surface area contributed by atoms with Crippen molar-refractivity contribution in [3.8, 4) is 11.8 Å². The van der Waals surface area contributed by atoms with Crippen molar-refractivity contribution in [3.63, 3.8) is 0 Å². The average molecular weight is 218 g/mol. The van der Waals surface area contributed by atoms with E-state index in [0.29, 0.717) is 12.0 Å². The fraction of sp³-hybridized carbons (Fsp3) is 0.733. The van der Waals surface area contributed by atoms with Crippen LogP contribution in [0.1, 0.15) is 51.9 Å². The summed E-state index contributed by atoms with van der Waals surface area (Å²) in [5.74, 6) is 7.26. The first-order chi connectivity index (χ1) is 7.90. The molecule has 0 spiro atoms. The van der Waals surface area contributed by atoms with Crippen LogP contribution < -0.4 is 0 Å². The predicted octanol–water partition coefficient (Wildman–Crippen LogP) is 3.70. The van der Waals surface area contributed by atoms with Crippen molar-refractivity contribution < 1.29 is 4.74 Å². The zero-order valence-electron chi connectivity index (χ0n) is 10.3. The van der Waals surface area contributed by atoms with Crippen LogP contribution in [0, 0.1) is 17.8 Å². The Kier molecular flexibility index (Phi) is 4.48. The van der Waals surface area contributed by atoms with E-state index in [0.717, 1.165) is 13.0 Å². The molecule has 0 unspecified atom stereocenters. The molecule has 0 N–H and O–H groups in total. The maximum Gasteiger partial charge on any atom is 0.0726 e. The van der Waals surface area contributed by atoms with Gasteiger partial charge in [-0.15, -0.1) is 0 Å². The molecular formula is C15H22O. The molecule has 16 heavy (non-hydrogen) atoms. The highest BCUT2D eigenvalue weighted by Crippen LogP contribution is 2.33. The van der Waals surface area contributed by atoms with Crippen molar-refractivity contribution in [3.05, 3.63) is 11.6 Å². The molecule has 88 valence electrons.